The minimum atomic E-state index is -0.822. The molecule has 0 radical (unpaired) electrons. The minimum absolute atomic E-state index is 0. The molecule has 0 aliphatic rings. The number of halogens is 1. The van der Waals surface area contributed by atoms with Crippen LogP contribution in [0.2, 0.25) is 0 Å². The maximum atomic E-state index is 11.5. The predicted molar refractivity (Wildman–Crippen MR) is 106 cm³/mol. The molecule has 1 aromatic carbocycles. The molecule has 0 saturated heterocycles. The van der Waals surface area contributed by atoms with Gasteiger partial charge in [-0.15, -0.1) is 24.0 Å². The molecule has 2 aromatic heterocycles. The Hall–Kier alpha value is -2.27. The SMILES string of the molecule is CNCC(=O)O.Cc1nc2c(C(N)=O)nc3ccccc3c2n1C.I. The zero-order valence-electron chi connectivity index (χ0n) is 14.1. The molecule has 25 heavy (non-hydrogen) atoms. The third kappa shape index (κ3) is 4.42. The van der Waals surface area contributed by atoms with Crippen LogP contribution in [-0.2, 0) is 11.8 Å². The summed E-state index contributed by atoms with van der Waals surface area (Å²) in [7, 11) is 3.51. The molecule has 0 saturated carbocycles. The molecule has 8 nitrogen and oxygen atoms in total. The topological polar surface area (TPSA) is 123 Å². The van der Waals surface area contributed by atoms with Gasteiger partial charge in [-0.05, 0) is 20.0 Å². The Morgan fingerprint density at radius 1 is 1.28 bits per heavy atom. The number of pyridine rings is 1. The average molecular weight is 457 g/mol. The summed E-state index contributed by atoms with van der Waals surface area (Å²) in [6.45, 7) is 1.93. The van der Waals surface area contributed by atoms with Gasteiger partial charge in [0, 0.05) is 12.4 Å². The molecule has 0 unspecified atom stereocenters. The second-order valence-corrected chi connectivity index (χ2v) is 5.18. The molecular weight excluding hydrogens is 437 g/mol. The van der Waals surface area contributed by atoms with Gasteiger partial charge in [0.1, 0.15) is 11.3 Å². The molecule has 2 heterocycles. The number of carboxylic acids is 1. The molecule has 3 rings (SSSR count). The first-order chi connectivity index (χ1) is 11.4. The third-order valence-corrected chi connectivity index (χ3v) is 3.50. The van der Waals surface area contributed by atoms with Crippen molar-refractivity contribution < 1.29 is 14.7 Å². The van der Waals surface area contributed by atoms with Crippen LogP contribution in [0.1, 0.15) is 16.3 Å². The van der Waals surface area contributed by atoms with Gasteiger partial charge in [0.05, 0.1) is 17.6 Å². The van der Waals surface area contributed by atoms with Gasteiger partial charge in [-0.3, -0.25) is 9.59 Å². The van der Waals surface area contributed by atoms with E-state index in [0.29, 0.717) is 5.52 Å². The number of nitrogens with two attached hydrogens (primary N) is 1. The Bertz CT molecular complexity index is 923. The van der Waals surface area contributed by atoms with E-state index >= 15 is 0 Å². The molecule has 4 N–H and O–H groups in total. The maximum absolute atomic E-state index is 11.5. The average Bonchev–Trinajstić information content (AvgIpc) is 2.82. The van der Waals surface area contributed by atoms with E-state index in [-0.39, 0.29) is 36.2 Å². The number of hydrogen-bond donors (Lipinski definition) is 3. The third-order valence-electron chi connectivity index (χ3n) is 3.50. The van der Waals surface area contributed by atoms with Crippen LogP contribution in [0.4, 0.5) is 0 Å². The summed E-state index contributed by atoms with van der Waals surface area (Å²) in [5.41, 5.74) is 7.83. The van der Waals surface area contributed by atoms with Gasteiger partial charge in [0.15, 0.2) is 5.69 Å². The van der Waals surface area contributed by atoms with Gasteiger partial charge < -0.3 is 20.7 Å². The summed E-state index contributed by atoms with van der Waals surface area (Å²) >= 11 is 0. The number of aryl methyl sites for hydroxylation is 2. The zero-order chi connectivity index (χ0) is 17.9. The van der Waals surface area contributed by atoms with E-state index in [2.05, 4.69) is 15.3 Å². The van der Waals surface area contributed by atoms with Gasteiger partial charge in [0.25, 0.3) is 5.91 Å². The number of hydrogen-bond acceptors (Lipinski definition) is 5. The number of aromatic nitrogens is 3. The van der Waals surface area contributed by atoms with E-state index in [0.717, 1.165) is 22.2 Å². The minimum Gasteiger partial charge on any atom is -0.480 e. The Labute approximate surface area is 161 Å². The monoisotopic (exact) mass is 457 g/mol. The quantitative estimate of drug-likeness (QED) is 0.512. The number of carbonyl (C=O) groups is 2. The molecule has 0 spiro atoms. The van der Waals surface area contributed by atoms with Crippen LogP contribution in [-0.4, -0.2) is 45.1 Å². The molecule has 0 atom stereocenters. The number of rotatable bonds is 3. The van der Waals surface area contributed by atoms with E-state index in [1.54, 1.807) is 7.05 Å². The number of imidazole rings is 1. The van der Waals surface area contributed by atoms with Crippen LogP contribution >= 0.6 is 24.0 Å². The molecular formula is C16H20IN5O3. The number of benzene rings is 1. The first-order valence-corrected chi connectivity index (χ1v) is 7.24. The second kappa shape index (κ2) is 8.72. The fraction of sp³-hybridized carbons (Fsp3) is 0.250. The smallest absolute Gasteiger partial charge is 0.317 e. The summed E-state index contributed by atoms with van der Waals surface area (Å²) in [6, 6.07) is 7.66. The largest absolute Gasteiger partial charge is 0.480 e. The van der Waals surface area contributed by atoms with Crippen molar-refractivity contribution in [3.05, 3.63) is 35.8 Å². The fourth-order valence-corrected chi connectivity index (χ4v) is 2.35. The predicted octanol–water partition coefficient (Wildman–Crippen LogP) is 1.44. The highest BCUT2D eigenvalue weighted by Crippen LogP contribution is 2.26. The van der Waals surface area contributed by atoms with Crippen LogP contribution in [0.15, 0.2) is 24.3 Å². The van der Waals surface area contributed by atoms with Gasteiger partial charge in [0.2, 0.25) is 0 Å². The highest BCUT2D eigenvalue weighted by atomic mass is 127. The Morgan fingerprint density at radius 2 is 1.92 bits per heavy atom. The second-order valence-electron chi connectivity index (χ2n) is 5.18. The molecule has 0 fully saturated rings. The maximum Gasteiger partial charge on any atom is 0.317 e. The molecule has 134 valence electrons. The Morgan fingerprint density at radius 3 is 2.44 bits per heavy atom. The zero-order valence-corrected chi connectivity index (χ0v) is 16.4. The van der Waals surface area contributed by atoms with Gasteiger partial charge in [-0.2, -0.15) is 0 Å². The lowest BCUT2D eigenvalue weighted by molar-refractivity contribution is -0.135. The number of carboxylic acid groups (broad SMARTS) is 1. The van der Waals surface area contributed by atoms with E-state index in [1.807, 2.05) is 42.8 Å². The summed E-state index contributed by atoms with van der Waals surface area (Å²) in [6.07, 6.45) is 0. The van der Waals surface area contributed by atoms with Gasteiger partial charge in [-0.1, -0.05) is 18.2 Å². The number of likely N-dealkylation sites (N-methyl/N-ethyl adjacent to an activating group) is 1. The first kappa shape index (κ1) is 20.8. The van der Waals surface area contributed by atoms with Crippen molar-refractivity contribution >= 4 is 57.8 Å². The molecule has 1 amide bonds. The van der Waals surface area contributed by atoms with E-state index in [1.165, 1.54) is 0 Å². The number of amides is 1. The molecule has 9 heteroatoms. The van der Waals surface area contributed by atoms with Crippen LogP contribution in [0, 0.1) is 6.92 Å². The lowest BCUT2D eigenvalue weighted by atomic mass is 10.1. The number of primary amides is 1. The van der Waals surface area contributed by atoms with E-state index in [4.69, 9.17) is 10.8 Å². The van der Waals surface area contributed by atoms with Crippen LogP contribution in [0.25, 0.3) is 21.9 Å². The van der Waals surface area contributed by atoms with Crippen molar-refractivity contribution in [3.63, 3.8) is 0 Å². The van der Waals surface area contributed by atoms with Crippen molar-refractivity contribution in [3.8, 4) is 0 Å². The number of nitrogens with one attached hydrogen (secondary N) is 1. The van der Waals surface area contributed by atoms with Crippen LogP contribution in [0.3, 0.4) is 0 Å². The highest BCUT2D eigenvalue weighted by molar-refractivity contribution is 14.0. The summed E-state index contributed by atoms with van der Waals surface area (Å²) in [5.74, 6) is -0.549. The van der Waals surface area contributed by atoms with Gasteiger partial charge >= 0.3 is 5.97 Å². The Kier molecular flexibility index (Phi) is 7.24. The number of nitrogens with zero attached hydrogens (tertiary/aromatic N) is 3. The van der Waals surface area contributed by atoms with E-state index in [9.17, 15) is 9.59 Å². The molecule has 3 aromatic rings. The number of aliphatic carboxylic acids is 1. The molecule has 0 aliphatic carbocycles. The lowest BCUT2D eigenvalue weighted by Crippen LogP contribution is -2.16. The van der Waals surface area contributed by atoms with Crippen molar-refractivity contribution in [2.45, 2.75) is 6.92 Å². The Balaban J connectivity index is 0.000000390. The van der Waals surface area contributed by atoms with Crippen LogP contribution < -0.4 is 11.1 Å². The standard InChI is InChI=1S/C13H12N4O.C3H7NO2.HI/c1-7-15-10-11(13(14)18)16-9-6-4-3-5-8(9)12(10)17(7)2;1-4-2-3(5)6;/h3-6H,1-2H3,(H2,14,18);4H,2H2,1H3,(H,5,6);1H. The normalized spacial score (nSPS) is 10.0. The first-order valence-electron chi connectivity index (χ1n) is 7.24. The number of carbonyl (C=O) groups excluding carboxylic acids is 1. The summed E-state index contributed by atoms with van der Waals surface area (Å²) in [5, 5.41) is 11.3. The summed E-state index contributed by atoms with van der Waals surface area (Å²) < 4.78 is 1.95. The van der Waals surface area contributed by atoms with Crippen molar-refractivity contribution in [1.82, 2.24) is 19.9 Å². The van der Waals surface area contributed by atoms with E-state index < -0.39 is 11.9 Å². The molecule has 0 bridgehead atoms. The number of para-hydroxylation sites is 1. The van der Waals surface area contributed by atoms with Crippen molar-refractivity contribution in [2.24, 2.45) is 12.8 Å². The van der Waals surface area contributed by atoms with Gasteiger partial charge in [-0.25, -0.2) is 9.97 Å². The van der Waals surface area contributed by atoms with Crippen LogP contribution in [0.5, 0.6) is 0 Å². The summed E-state index contributed by atoms with van der Waals surface area (Å²) in [4.78, 5) is 29.7. The number of fused-ring (bicyclic) bond motifs is 3. The van der Waals surface area contributed by atoms with Crippen molar-refractivity contribution in [2.75, 3.05) is 13.6 Å². The lowest BCUT2D eigenvalue weighted by Gasteiger charge is -2.04. The fourth-order valence-electron chi connectivity index (χ4n) is 2.35. The highest BCUT2D eigenvalue weighted by Gasteiger charge is 2.17. The van der Waals surface area contributed by atoms with Crippen molar-refractivity contribution in [1.29, 1.82) is 0 Å². The molecule has 0 aliphatic heterocycles.